The minimum atomic E-state index is -0.935. The van der Waals surface area contributed by atoms with Crippen molar-refractivity contribution in [2.24, 2.45) is 5.92 Å². The quantitative estimate of drug-likeness (QED) is 0.725. The van der Waals surface area contributed by atoms with Crippen molar-refractivity contribution >= 4 is 34.4 Å². The second kappa shape index (κ2) is 8.79. The van der Waals surface area contributed by atoms with Gasteiger partial charge in [-0.25, -0.2) is 4.79 Å². The van der Waals surface area contributed by atoms with Gasteiger partial charge < -0.3 is 5.11 Å². The van der Waals surface area contributed by atoms with E-state index in [0.29, 0.717) is 5.78 Å². The lowest BCUT2D eigenvalue weighted by Crippen LogP contribution is -2.02. The van der Waals surface area contributed by atoms with E-state index in [1.54, 1.807) is 22.7 Å². The number of carboxylic acids is 1. The van der Waals surface area contributed by atoms with E-state index >= 15 is 0 Å². The lowest BCUT2D eigenvalue weighted by atomic mass is 10.1. The number of carbonyl (C=O) groups is 2. The molecule has 0 radical (unpaired) electrons. The summed E-state index contributed by atoms with van der Waals surface area (Å²) in [5.41, 5.74) is 1.44. The Labute approximate surface area is 145 Å². The Morgan fingerprint density at radius 2 is 1.96 bits per heavy atom. The van der Waals surface area contributed by atoms with Gasteiger partial charge in [-0.1, -0.05) is 19.6 Å². The van der Waals surface area contributed by atoms with Crippen LogP contribution < -0.4 is 0 Å². The van der Waals surface area contributed by atoms with Crippen LogP contribution in [0.15, 0.2) is 35.7 Å². The number of rotatable bonds is 1. The van der Waals surface area contributed by atoms with E-state index in [4.69, 9.17) is 5.11 Å². The summed E-state index contributed by atoms with van der Waals surface area (Å²) in [5, 5.41) is 9.97. The van der Waals surface area contributed by atoms with E-state index in [1.807, 2.05) is 6.92 Å². The van der Waals surface area contributed by atoms with Crippen LogP contribution in [0.3, 0.4) is 0 Å². The first-order valence-electron chi connectivity index (χ1n) is 7.24. The Hall–Kier alpha value is -1.72. The number of carbonyl (C=O) groups excluding carboxylic acids is 1. The van der Waals surface area contributed by atoms with Crippen molar-refractivity contribution in [3.05, 3.63) is 55.9 Å². The fraction of sp³-hybridized carbons (Fsp3) is 0.333. The average molecular weight is 351 g/mol. The summed E-state index contributed by atoms with van der Waals surface area (Å²) >= 11 is 3.42. The molecular formula is C18H22O3S2. The van der Waals surface area contributed by atoms with Gasteiger partial charge in [0.2, 0.25) is 0 Å². The highest BCUT2D eigenvalue weighted by Crippen LogP contribution is 2.32. The molecule has 0 saturated heterocycles. The van der Waals surface area contributed by atoms with E-state index in [1.165, 1.54) is 22.2 Å². The molecule has 3 nitrogen and oxygen atoms in total. The smallest absolute Gasteiger partial charge is 0.330 e. The number of aliphatic carboxylic acids is 1. The van der Waals surface area contributed by atoms with Crippen molar-refractivity contribution in [2.45, 2.75) is 34.1 Å². The van der Waals surface area contributed by atoms with Crippen LogP contribution in [0, 0.1) is 19.8 Å². The molecule has 0 aromatic carbocycles. The highest BCUT2D eigenvalue weighted by Gasteiger charge is 2.28. The molecule has 0 aliphatic heterocycles. The Morgan fingerprint density at radius 3 is 2.30 bits per heavy atom. The van der Waals surface area contributed by atoms with Gasteiger partial charge in [-0.05, 0) is 50.3 Å². The van der Waals surface area contributed by atoms with E-state index in [9.17, 15) is 9.59 Å². The fourth-order valence-electron chi connectivity index (χ4n) is 1.93. The van der Waals surface area contributed by atoms with Crippen LogP contribution in [0.1, 0.15) is 38.8 Å². The van der Waals surface area contributed by atoms with E-state index in [0.717, 1.165) is 11.3 Å². The Morgan fingerprint density at radius 1 is 1.35 bits per heavy atom. The predicted molar refractivity (Wildman–Crippen MR) is 97.8 cm³/mol. The zero-order valence-electron chi connectivity index (χ0n) is 13.9. The lowest BCUT2D eigenvalue weighted by molar-refractivity contribution is -0.132. The van der Waals surface area contributed by atoms with Crippen LogP contribution in [0.25, 0.3) is 0 Å². The van der Waals surface area contributed by atoms with Gasteiger partial charge in [0, 0.05) is 21.2 Å². The molecule has 0 amide bonds. The molecule has 1 unspecified atom stereocenters. The van der Waals surface area contributed by atoms with Crippen LogP contribution in [0.2, 0.25) is 0 Å². The first-order valence-corrected chi connectivity index (χ1v) is 8.94. The van der Waals surface area contributed by atoms with Crippen LogP contribution >= 0.6 is 22.7 Å². The number of Topliss-reactive ketones (excluding diaryl/α,β-unsaturated/α-hetero) is 1. The molecule has 1 aliphatic rings. The van der Waals surface area contributed by atoms with Gasteiger partial charge in [0.1, 0.15) is 0 Å². The van der Waals surface area contributed by atoms with Crippen molar-refractivity contribution in [1.82, 2.24) is 0 Å². The molecule has 2 aromatic rings. The number of carboxylic acid groups (broad SMARTS) is 1. The van der Waals surface area contributed by atoms with E-state index < -0.39 is 5.97 Å². The minimum Gasteiger partial charge on any atom is -0.478 e. The van der Waals surface area contributed by atoms with Crippen molar-refractivity contribution in [1.29, 1.82) is 0 Å². The Kier molecular flexibility index (Phi) is 7.39. The van der Waals surface area contributed by atoms with Crippen molar-refractivity contribution in [3.8, 4) is 0 Å². The molecule has 0 fully saturated rings. The van der Waals surface area contributed by atoms with Gasteiger partial charge in [0.25, 0.3) is 0 Å². The number of fused-ring (bicyclic) bond motifs is 1. The number of hydrogen-bond acceptors (Lipinski definition) is 4. The number of ketones is 1. The first-order chi connectivity index (χ1) is 10.7. The summed E-state index contributed by atoms with van der Waals surface area (Å²) in [4.78, 5) is 24.7. The first kappa shape index (κ1) is 19.3. The maximum atomic E-state index is 11.4. The monoisotopic (exact) mass is 350 g/mol. The average Bonchev–Trinajstić information content (AvgIpc) is 3.13. The van der Waals surface area contributed by atoms with Crippen LogP contribution in [0.5, 0.6) is 0 Å². The van der Waals surface area contributed by atoms with Crippen LogP contribution in [0.4, 0.5) is 0 Å². The molecule has 2 heterocycles. The topological polar surface area (TPSA) is 54.4 Å². The Balaban J connectivity index is 0.000000189. The van der Waals surface area contributed by atoms with E-state index in [-0.39, 0.29) is 11.5 Å². The molecule has 2 aromatic heterocycles. The number of thiophene rings is 2. The maximum absolute atomic E-state index is 11.4. The SMILES string of the molecule is C=C(C)C(=O)O.Cc1cc2c(s1)C(=O)C(C)C2.Cc1cccs1. The van der Waals surface area contributed by atoms with Gasteiger partial charge in [-0.2, -0.15) is 0 Å². The van der Waals surface area contributed by atoms with Crippen molar-refractivity contribution < 1.29 is 14.7 Å². The number of aryl methyl sites for hydroxylation is 2. The predicted octanol–water partition coefficient (Wildman–Crippen LogP) is 5.14. The summed E-state index contributed by atoms with van der Waals surface area (Å²) in [7, 11) is 0. The molecule has 0 spiro atoms. The largest absolute Gasteiger partial charge is 0.478 e. The maximum Gasteiger partial charge on any atom is 0.330 e. The molecule has 3 rings (SSSR count). The third-order valence-corrected chi connectivity index (χ3v) is 5.07. The second-order valence-electron chi connectivity index (χ2n) is 5.49. The van der Waals surface area contributed by atoms with Gasteiger partial charge in [-0.3, -0.25) is 4.79 Å². The standard InChI is InChI=1S/C9H10OS.C5H6S.C4H6O2/c1-5-3-7-4-6(2)11-9(7)8(5)10;1-5-3-2-4-6-5;1-3(2)4(5)6/h4-5H,3H2,1-2H3;2-4H,1H3;1H2,2H3,(H,5,6). The zero-order chi connectivity index (χ0) is 17.6. The summed E-state index contributed by atoms with van der Waals surface area (Å²) < 4.78 is 0. The van der Waals surface area contributed by atoms with Gasteiger partial charge in [0.05, 0.1) is 4.88 Å². The lowest BCUT2D eigenvalue weighted by Gasteiger charge is -1.95. The third-order valence-electron chi connectivity index (χ3n) is 3.16. The highest BCUT2D eigenvalue weighted by molar-refractivity contribution is 7.14. The molecular weight excluding hydrogens is 328 g/mol. The van der Waals surface area contributed by atoms with Gasteiger partial charge in [-0.15, -0.1) is 22.7 Å². The summed E-state index contributed by atoms with van der Waals surface area (Å²) in [5.74, 6) is -0.357. The van der Waals surface area contributed by atoms with Crippen molar-refractivity contribution in [3.63, 3.8) is 0 Å². The van der Waals surface area contributed by atoms with Gasteiger partial charge in [0.15, 0.2) is 5.78 Å². The molecule has 0 saturated carbocycles. The normalized spacial score (nSPS) is 15.0. The fourth-order valence-corrected chi connectivity index (χ4v) is 3.56. The number of hydrogen-bond donors (Lipinski definition) is 1. The van der Waals surface area contributed by atoms with Crippen LogP contribution in [-0.2, 0) is 11.2 Å². The van der Waals surface area contributed by atoms with Crippen LogP contribution in [-0.4, -0.2) is 16.9 Å². The second-order valence-corrected chi connectivity index (χ2v) is 7.90. The van der Waals surface area contributed by atoms with E-state index in [2.05, 4.69) is 44.0 Å². The summed E-state index contributed by atoms with van der Waals surface area (Å²) in [6, 6.07) is 6.30. The van der Waals surface area contributed by atoms with Crippen molar-refractivity contribution in [2.75, 3.05) is 0 Å². The molecule has 0 bridgehead atoms. The molecule has 1 aliphatic carbocycles. The molecule has 23 heavy (non-hydrogen) atoms. The highest BCUT2D eigenvalue weighted by atomic mass is 32.1. The zero-order valence-corrected chi connectivity index (χ0v) is 15.5. The molecule has 1 N–H and O–H groups in total. The Bertz CT molecular complexity index is 669. The summed E-state index contributed by atoms with van der Waals surface area (Å²) in [6.07, 6.45) is 0.957. The molecule has 1 atom stereocenters. The summed E-state index contributed by atoms with van der Waals surface area (Å²) in [6.45, 7) is 10.8. The molecule has 124 valence electrons. The molecule has 5 heteroatoms. The van der Waals surface area contributed by atoms with Gasteiger partial charge >= 0.3 is 5.97 Å². The minimum absolute atomic E-state index is 0.176. The third kappa shape index (κ3) is 6.12.